The number of nitrogens with zero attached hydrogens (tertiary/aromatic N) is 1. The quantitative estimate of drug-likeness (QED) is 0.854. The maximum absolute atomic E-state index is 12.1. The van der Waals surface area contributed by atoms with Crippen LogP contribution >= 0.6 is 0 Å². The van der Waals surface area contributed by atoms with Crippen LogP contribution in [0.25, 0.3) is 0 Å². The smallest absolute Gasteiger partial charge is 0.410 e. The number of rotatable bonds is 3. The zero-order chi connectivity index (χ0) is 15.5. The normalized spacial score (nSPS) is 22.4. The van der Waals surface area contributed by atoms with Crippen LogP contribution in [0.5, 0.6) is 0 Å². The summed E-state index contributed by atoms with van der Waals surface area (Å²) in [6.07, 6.45) is 0.577. The average Bonchev–Trinajstić information content (AvgIpc) is 2.79. The molecule has 1 aliphatic rings. The first-order chi connectivity index (χ1) is 9.77. The van der Waals surface area contributed by atoms with Gasteiger partial charge in [-0.15, -0.1) is 0 Å². The third-order valence-electron chi connectivity index (χ3n) is 3.52. The monoisotopic (exact) mass is 291 g/mol. The summed E-state index contributed by atoms with van der Waals surface area (Å²) in [7, 11) is 0. The summed E-state index contributed by atoms with van der Waals surface area (Å²) in [4.78, 5) is 13.8. The number of carbonyl (C=O) groups is 1. The van der Waals surface area contributed by atoms with E-state index >= 15 is 0 Å². The Hall–Kier alpha value is -1.55. The van der Waals surface area contributed by atoms with Gasteiger partial charge in [0.2, 0.25) is 0 Å². The second-order valence-corrected chi connectivity index (χ2v) is 6.88. The van der Waals surface area contributed by atoms with Crippen LogP contribution < -0.4 is 0 Å². The third-order valence-corrected chi connectivity index (χ3v) is 3.52. The Morgan fingerprint density at radius 3 is 2.57 bits per heavy atom. The van der Waals surface area contributed by atoms with Gasteiger partial charge < -0.3 is 14.4 Å². The van der Waals surface area contributed by atoms with Crippen molar-refractivity contribution in [1.82, 2.24) is 4.90 Å². The minimum atomic E-state index is -0.457. The zero-order valence-electron chi connectivity index (χ0n) is 13.4. The molecule has 1 saturated heterocycles. The summed E-state index contributed by atoms with van der Waals surface area (Å²) < 4.78 is 11.4. The molecule has 1 aromatic carbocycles. The predicted octanol–water partition coefficient (Wildman–Crippen LogP) is 3.60. The van der Waals surface area contributed by atoms with Gasteiger partial charge in [-0.05, 0) is 39.7 Å². The first kappa shape index (κ1) is 15.8. The first-order valence-electron chi connectivity index (χ1n) is 7.43. The second kappa shape index (κ2) is 6.06. The van der Waals surface area contributed by atoms with E-state index in [2.05, 4.69) is 6.92 Å². The van der Waals surface area contributed by atoms with Crippen LogP contribution in [0.3, 0.4) is 0 Å². The average molecular weight is 291 g/mol. The summed E-state index contributed by atoms with van der Waals surface area (Å²) >= 11 is 0. The van der Waals surface area contributed by atoms with E-state index in [1.165, 1.54) is 0 Å². The van der Waals surface area contributed by atoms with Crippen molar-refractivity contribution in [3.05, 3.63) is 35.9 Å². The van der Waals surface area contributed by atoms with E-state index in [4.69, 9.17) is 9.47 Å². The summed E-state index contributed by atoms with van der Waals surface area (Å²) in [5, 5.41) is 0. The first-order valence-corrected chi connectivity index (χ1v) is 7.43. The molecule has 0 aromatic heterocycles. The minimum Gasteiger partial charge on any atom is -0.444 e. The van der Waals surface area contributed by atoms with Crippen LogP contribution in [0.2, 0.25) is 0 Å². The number of carbonyl (C=O) groups excluding carboxylic acids is 1. The summed E-state index contributed by atoms with van der Waals surface area (Å²) in [5.74, 6) is 0. The topological polar surface area (TPSA) is 38.8 Å². The van der Waals surface area contributed by atoms with Crippen molar-refractivity contribution < 1.29 is 14.3 Å². The highest BCUT2D eigenvalue weighted by molar-refractivity contribution is 5.68. The molecular formula is C17H25NO3. The Balaban J connectivity index is 1.87. The number of likely N-dealkylation sites (tertiary alicyclic amines) is 1. The fourth-order valence-corrected chi connectivity index (χ4v) is 2.37. The van der Waals surface area contributed by atoms with Crippen LogP contribution in [0.4, 0.5) is 4.79 Å². The van der Waals surface area contributed by atoms with Gasteiger partial charge in [-0.25, -0.2) is 4.79 Å². The van der Waals surface area contributed by atoms with Gasteiger partial charge in [-0.2, -0.15) is 0 Å². The molecule has 2 rings (SSSR count). The molecule has 1 unspecified atom stereocenters. The van der Waals surface area contributed by atoms with Gasteiger partial charge in [0.25, 0.3) is 0 Å². The van der Waals surface area contributed by atoms with Crippen LogP contribution in [-0.4, -0.2) is 35.3 Å². The van der Waals surface area contributed by atoms with E-state index in [1.807, 2.05) is 51.1 Å². The van der Waals surface area contributed by atoms with E-state index < -0.39 is 5.60 Å². The highest BCUT2D eigenvalue weighted by Crippen LogP contribution is 2.27. The van der Waals surface area contributed by atoms with E-state index in [1.54, 1.807) is 4.90 Å². The lowest BCUT2D eigenvalue weighted by Gasteiger charge is -2.27. The van der Waals surface area contributed by atoms with Crippen LogP contribution in [-0.2, 0) is 16.1 Å². The molecule has 1 atom stereocenters. The summed E-state index contributed by atoms with van der Waals surface area (Å²) in [5.41, 5.74) is 0.391. The largest absolute Gasteiger partial charge is 0.444 e. The van der Waals surface area contributed by atoms with Gasteiger partial charge in [0.1, 0.15) is 5.60 Å². The maximum atomic E-state index is 12.1. The Labute approximate surface area is 127 Å². The lowest BCUT2D eigenvalue weighted by Crippen LogP contribution is -2.39. The van der Waals surface area contributed by atoms with Crippen molar-refractivity contribution >= 4 is 6.09 Å². The highest BCUT2D eigenvalue weighted by Gasteiger charge is 2.38. The molecule has 0 radical (unpaired) electrons. The lowest BCUT2D eigenvalue weighted by atomic mass is 10.1. The molecule has 0 saturated carbocycles. The molecule has 0 aliphatic carbocycles. The number of hydrogen-bond acceptors (Lipinski definition) is 3. The standard InChI is InChI=1S/C17H25NO3/c1-16(2,3)21-15(19)18-11-10-17(4,13-18)20-12-14-8-6-5-7-9-14/h5-9H,10-13H2,1-4H3. The van der Waals surface area contributed by atoms with Crippen LogP contribution in [0.1, 0.15) is 39.7 Å². The van der Waals surface area contributed by atoms with Crippen molar-refractivity contribution in [2.24, 2.45) is 0 Å². The van der Waals surface area contributed by atoms with Gasteiger partial charge >= 0.3 is 6.09 Å². The Morgan fingerprint density at radius 2 is 1.95 bits per heavy atom. The number of hydrogen-bond donors (Lipinski definition) is 0. The molecule has 0 N–H and O–H groups in total. The molecule has 1 aromatic rings. The van der Waals surface area contributed by atoms with E-state index in [9.17, 15) is 4.79 Å². The van der Waals surface area contributed by atoms with Gasteiger partial charge in [-0.1, -0.05) is 30.3 Å². The molecule has 4 heteroatoms. The molecular weight excluding hydrogens is 266 g/mol. The third kappa shape index (κ3) is 4.74. The highest BCUT2D eigenvalue weighted by atomic mass is 16.6. The molecule has 0 bridgehead atoms. The molecule has 21 heavy (non-hydrogen) atoms. The van der Waals surface area contributed by atoms with Gasteiger partial charge in [0, 0.05) is 6.54 Å². The van der Waals surface area contributed by atoms with Crippen LogP contribution in [0.15, 0.2) is 30.3 Å². The molecule has 1 heterocycles. The lowest BCUT2D eigenvalue weighted by molar-refractivity contribution is -0.0374. The fourth-order valence-electron chi connectivity index (χ4n) is 2.37. The Kier molecular flexibility index (Phi) is 4.57. The van der Waals surface area contributed by atoms with Crippen molar-refractivity contribution in [1.29, 1.82) is 0 Å². The number of ether oxygens (including phenoxy) is 2. The molecule has 1 fully saturated rings. The van der Waals surface area contributed by atoms with Gasteiger partial charge in [0.05, 0.1) is 18.8 Å². The van der Waals surface area contributed by atoms with Gasteiger partial charge in [-0.3, -0.25) is 0 Å². The summed E-state index contributed by atoms with van der Waals surface area (Å²) in [6.45, 7) is 9.53. The number of amides is 1. The molecule has 4 nitrogen and oxygen atoms in total. The Bertz CT molecular complexity index is 481. The van der Waals surface area contributed by atoms with Gasteiger partial charge in [0.15, 0.2) is 0 Å². The zero-order valence-corrected chi connectivity index (χ0v) is 13.4. The van der Waals surface area contributed by atoms with Crippen molar-refractivity contribution in [2.75, 3.05) is 13.1 Å². The maximum Gasteiger partial charge on any atom is 0.410 e. The Morgan fingerprint density at radius 1 is 1.29 bits per heavy atom. The van der Waals surface area contributed by atoms with Crippen molar-refractivity contribution in [2.45, 2.75) is 51.9 Å². The predicted molar refractivity (Wildman–Crippen MR) is 82.1 cm³/mol. The van der Waals surface area contributed by atoms with Crippen LogP contribution in [0, 0.1) is 0 Å². The summed E-state index contributed by atoms with van der Waals surface area (Å²) in [6, 6.07) is 10.1. The fraction of sp³-hybridized carbons (Fsp3) is 0.588. The molecule has 0 spiro atoms. The second-order valence-electron chi connectivity index (χ2n) is 6.88. The van der Waals surface area contributed by atoms with Crippen molar-refractivity contribution in [3.8, 4) is 0 Å². The SMILES string of the molecule is CC(C)(C)OC(=O)N1CCC(C)(OCc2ccccc2)C1. The molecule has 116 valence electrons. The van der Waals surface area contributed by atoms with E-state index in [0.29, 0.717) is 19.7 Å². The number of benzene rings is 1. The van der Waals surface area contributed by atoms with E-state index in [-0.39, 0.29) is 11.7 Å². The molecule has 1 amide bonds. The van der Waals surface area contributed by atoms with E-state index in [0.717, 1.165) is 12.0 Å². The minimum absolute atomic E-state index is 0.255. The van der Waals surface area contributed by atoms with Crippen molar-refractivity contribution in [3.63, 3.8) is 0 Å². The molecule has 1 aliphatic heterocycles.